The lowest BCUT2D eigenvalue weighted by Crippen LogP contribution is -2.51. The van der Waals surface area contributed by atoms with Crippen LogP contribution in [0.2, 0.25) is 0 Å². The van der Waals surface area contributed by atoms with Gasteiger partial charge in [0.15, 0.2) is 0 Å². The van der Waals surface area contributed by atoms with Gasteiger partial charge in [0.05, 0.1) is 12.1 Å². The summed E-state index contributed by atoms with van der Waals surface area (Å²) in [5.41, 5.74) is -0.537. The van der Waals surface area contributed by atoms with Crippen molar-refractivity contribution < 1.29 is 14.6 Å². The third kappa shape index (κ3) is 18.5. The molecular formula is C26H54N2O3. The summed E-state index contributed by atoms with van der Waals surface area (Å²) in [5.74, 6) is 0. The lowest BCUT2D eigenvalue weighted by molar-refractivity contribution is 0.0369. The molecule has 2 atom stereocenters. The summed E-state index contributed by atoms with van der Waals surface area (Å²) < 4.78 is 5.40. The molecule has 0 unspecified atom stereocenters. The van der Waals surface area contributed by atoms with E-state index in [1.54, 1.807) is 0 Å². The zero-order valence-corrected chi connectivity index (χ0v) is 21.7. The van der Waals surface area contributed by atoms with Gasteiger partial charge in [-0.15, -0.1) is 0 Å². The van der Waals surface area contributed by atoms with E-state index in [-0.39, 0.29) is 6.04 Å². The first-order valence-electron chi connectivity index (χ1n) is 13.1. The summed E-state index contributed by atoms with van der Waals surface area (Å²) in [6, 6.07) is -0.303. The first kappa shape index (κ1) is 30.2. The molecule has 2 N–H and O–H groups in total. The molecule has 0 aromatic heterocycles. The van der Waals surface area contributed by atoms with E-state index in [1.165, 1.54) is 64.2 Å². The number of aliphatic hydroxyl groups excluding tert-OH is 1. The van der Waals surface area contributed by atoms with Crippen molar-refractivity contribution in [3.05, 3.63) is 0 Å². The number of nitrogens with one attached hydrogen (secondary N) is 1. The molecule has 0 saturated heterocycles. The van der Waals surface area contributed by atoms with E-state index in [0.29, 0.717) is 6.54 Å². The summed E-state index contributed by atoms with van der Waals surface area (Å²) in [6.07, 6.45) is 15.4. The number of amides is 1. The van der Waals surface area contributed by atoms with E-state index in [2.05, 4.69) is 31.0 Å². The molecule has 0 spiro atoms. The summed E-state index contributed by atoms with van der Waals surface area (Å²) in [7, 11) is 0. The van der Waals surface area contributed by atoms with E-state index >= 15 is 0 Å². The number of nitrogens with zero attached hydrogens (tertiary/aromatic N) is 1. The number of ether oxygens (including phenoxy) is 1. The third-order valence-corrected chi connectivity index (χ3v) is 5.87. The Labute approximate surface area is 193 Å². The highest BCUT2D eigenvalue weighted by molar-refractivity contribution is 5.68. The zero-order chi connectivity index (χ0) is 23.5. The van der Waals surface area contributed by atoms with E-state index in [4.69, 9.17) is 4.74 Å². The van der Waals surface area contributed by atoms with Crippen LogP contribution in [0.1, 0.15) is 125 Å². The third-order valence-electron chi connectivity index (χ3n) is 5.87. The minimum absolute atomic E-state index is 0.303. The molecule has 0 radical (unpaired) electrons. The van der Waals surface area contributed by atoms with Crippen molar-refractivity contribution in [3.63, 3.8) is 0 Å². The predicted molar refractivity (Wildman–Crippen MR) is 133 cm³/mol. The second kappa shape index (κ2) is 18.7. The monoisotopic (exact) mass is 442 g/mol. The highest BCUT2D eigenvalue weighted by Crippen LogP contribution is 2.15. The van der Waals surface area contributed by atoms with E-state index in [0.717, 1.165) is 32.4 Å². The summed E-state index contributed by atoms with van der Waals surface area (Å²) in [6.45, 7) is 14.5. The molecule has 0 heterocycles. The molecule has 5 nitrogen and oxygen atoms in total. The molecular weight excluding hydrogens is 388 g/mol. The number of rotatable bonds is 19. The number of carbonyl (C=O) groups excluding carboxylic acids is 1. The number of aliphatic hydroxyl groups is 1. The number of likely N-dealkylation sites (N-methyl/N-ethyl adjacent to an activating group) is 1. The van der Waals surface area contributed by atoms with Crippen LogP contribution < -0.4 is 5.32 Å². The predicted octanol–water partition coefficient (Wildman–Crippen LogP) is 6.67. The molecule has 0 fully saturated rings. The normalized spacial score (nSPS) is 13.9. The van der Waals surface area contributed by atoms with Crippen LogP contribution in [0, 0.1) is 0 Å². The van der Waals surface area contributed by atoms with Crippen molar-refractivity contribution >= 4 is 6.09 Å². The lowest BCUT2D eigenvalue weighted by Gasteiger charge is -2.30. The van der Waals surface area contributed by atoms with Gasteiger partial charge in [0.1, 0.15) is 5.60 Å². The van der Waals surface area contributed by atoms with Gasteiger partial charge in [-0.2, -0.15) is 0 Å². The molecule has 0 aliphatic carbocycles. The molecule has 0 aliphatic rings. The molecule has 31 heavy (non-hydrogen) atoms. The Morgan fingerprint density at radius 3 is 1.71 bits per heavy atom. The lowest BCUT2D eigenvalue weighted by atomic mass is 10.0. The fourth-order valence-electron chi connectivity index (χ4n) is 3.88. The Morgan fingerprint density at radius 1 is 0.839 bits per heavy atom. The summed E-state index contributed by atoms with van der Waals surface area (Å²) in [4.78, 5) is 14.5. The first-order chi connectivity index (χ1) is 14.7. The Kier molecular flexibility index (Phi) is 18.2. The second-order valence-corrected chi connectivity index (χ2v) is 9.98. The maximum Gasteiger partial charge on any atom is 0.408 e. The van der Waals surface area contributed by atoms with Crippen LogP contribution >= 0.6 is 0 Å². The molecule has 0 bridgehead atoms. The van der Waals surface area contributed by atoms with Crippen molar-refractivity contribution in [1.82, 2.24) is 10.2 Å². The quantitative estimate of drug-likeness (QED) is 0.219. The van der Waals surface area contributed by atoms with Gasteiger partial charge in [0.25, 0.3) is 0 Å². The van der Waals surface area contributed by atoms with Crippen molar-refractivity contribution in [1.29, 1.82) is 0 Å². The molecule has 0 saturated carbocycles. The fourth-order valence-corrected chi connectivity index (χ4v) is 3.88. The summed E-state index contributed by atoms with van der Waals surface area (Å²) >= 11 is 0. The maximum atomic E-state index is 12.2. The fraction of sp³-hybridized carbons (Fsp3) is 0.962. The Bertz CT molecular complexity index is 419. The van der Waals surface area contributed by atoms with E-state index in [1.807, 2.05) is 20.8 Å². The molecule has 0 rings (SSSR count). The van der Waals surface area contributed by atoms with Gasteiger partial charge in [-0.1, -0.05) is 97.8 Å². The Balaban J connectivity index is 4.12. The van der Waals surface area contributed by atoms with Crippen LogP contribution in [-0.4, -0.2) is 53.5 Å². The minimum Gasteiger partial charge on any atom is -0.444 e. The molecule has 0 aromatic carbocycles. The van der Waals surface area contributed by atoms with Crippen molar-refractivity contribution in [2.75, 3.05) is 19.6 Å². The van der Waals surface area contributed by atoms with Crippen molar-refractivity contribution in [2.45, 2.75) is 143 Å². The van der Waals surface area contributed by atoms with Crippen molar-refractivity contribution in [3.8, 4) is 0 Å². The van der Waals surface area contributed by atoms with Crippen molar-refractivity contribution in [2.24, 2.45) is 0 Å². The number of carbonyl (C=O) groups is 1. The Hall–Kier alpha value is -0.810. The Morgan fingerprint density at radius 2 is 1.29 bits per heavy atom. The molecule has 1 amide bonds. The van der Waals surface area contributed by atoms with Crippen LogP contribution in [0.15, 0.2) is 0 Å². The largest absolute Gasteiger partial charge is 0.444 e. The molecule has 0 aliphatic heterocycles. The number of alkyl carbamates (subject to hydrolysis) is 1. The van der Waals surface area contributed by atoms with Crippen LogP contribution in [0.5, 0.6) is 0 Å². The average molecular weight is 443 g/mol. The van der Waals surface area contributed by atoms with Crippen LogP contribution in [0.4, 0.5) is 4.79 Å². The second-order valence-electron chi connectivity index (χ2n) is 9.98. The average Bonchev–Trinajstić information content (AvgIpc) is 2.70. The minimum atomic E-state index is -0.545. The van der Waals surface area contributed by atoms with Gasteiger partial charge in [-0.25, -0.2) is 4.79 Å². The van der Waals surface area contributed by atoms with Gasteiger partial charge in [0, 0.05) is 6.54 Å². The van der Waals surface area contributed by atoms with E-state index in [9.17, 15) is 9.90 Å². The first-order valence-corrected chi connectivity index (χ1v) is 13.1. The number of hydrogen-bond donors (Lipinski definition) is 2. The zero-order valence-electron chi connectivity index (χ0n) is 21.7. The SMILES string of the molecule is CCCCCCCCCCCCCC[C@H](O)[C@H](CN(CC)CC)NC(=O)OC(C)(C)C. The van der Waals surface area contributed by atoms with Crippen LogP contribution in [-0.2, 0) is 4.74 Å². The topological polar surface area (TPSA) is 61.8 Å². The van der Waals surface area contributed by atoms with Crippen LogP contribution in [0.3, 0.4) is 0 Å². The maximum absolute atomic E-state index is 12.2. The molecule has 186 valence electrons. The van der Waals surface area contributed by atoms with Gasteiger partial charge >= 0.3 is 6.09 Å². The molecule has 5 heteroatoms. The number of unbranched alkanes of at least 4 members (excludes halogenated alkanes) is 11. The summed E-state index contributed by atoms with van der Waals surface area (Å²) in [5, 5.41) is 13.7. The highest BCUT2D eigenvalue weighted by Gasteiger charge is 2.25. The van der Waals surface area contributed by atoms with Crippen LogP contribution in [0.25, 0.3) is 0 Å². The van der Waals surface area contributed by atoms with Gasteiger partial charge < -0.3 is 20.1 Å². The van der Waals surface area contributed by atoms with E-state index < -0.39 is 17.8 Å². The van der Waals surface area contributed by atoms with Gasteiger partial charge in [-0.3, -0.25) is 0 Å². The standard InChI is InChI=1S/C26H54N2O3/c1-7-10-11-12-13-14-15-16-17-18-19-20-21-24(29)23(22-28(8-2)9-3)27-25(30)31-26(4,5)6/h23-24,29H,7-22H2,1-6H3,(H,27,30)/t23-,24-/m0/s1. The van der Waals surface area contributed by atoms with Gasteiger partial charge in [-0.05, 0) is 40.3 Å². The van der Waals surface area contributed by atoms with Gasteiger partial charge in [0.2, 0.25) is 0 Å². The number of hydrogen-bond acceptors (Lipinski definition) is 4. The smallest absolute Gasteiger partial charge is 0.408 e. The highest BCUT2D eigenvalue weighted by atomic mass is 16.6. The molecule has 0 aromatic rings.